The molecule has 5 atom stereocenters. The highest BCUT2D eigenvalue weighted by molar-refractivity contribution is 5.98. The molecule has 3 heterocycles. The number of halogens is 2. The molecule has 230 valence electrons. The predicted octanol–water partition coefficient (Wildman–Crippen LogP) is 5.27. The molecule has 1 aromatic heterocycles. The molecule has 0 N–H and O–H groups in total. The van der Waals surface area contributed by atoms with E-state index in [0.717, 1.165) is 23.3 Å². The van der Waals surface area contributed by atoms with Crippen molar-refractivity contribution < 1.29 is 18.3 Å². The van der Waals surface area contributed by atoms with Gasteiger partial charge in [-0.3, -0.25) is 9.69 Å². The van der Waals surface area contributed by atoms with Crippen molar-refractivity contribution in [2.45, 2.75) is 43.4 Å². The maximum atomic E-state index is 14.1. The largest absolute Gasteiger partial charge is 0.475 e. The number of carbonyl (C=O) groups is 1. The molecule has 8 nitrogen and oxygen atoms in total. The fourth-order valence-electron chi connectivity index (χ4n) is 7.64. The molecule has 2 aliphatic heterocycles. The number of fused-ring (bicyclic) bond motifs is 4. The summed E-state index contributed by atoms with van der Waals surface area (Å²) < 4.78 is 34.2. The number of carbonyl (C=O) groups excluding carboxylic acids is 1. The number of pyridine rings is 1. The van der Waals surface area contributed by atoms with Crippen molar-refractivity contribution in [3.8, 4) is 23.1 Å². The summed E-state index contributed by atoms with van der Waals surface area (Å²) in [7, 11) is 1.86. The fourth-order valence-corrected chi connectivity index (χ4v) is 7.64. The molecule has 1 amide bonds. The van der Waals surface area contributed by atoms with Crippen LogP contribution in [-0.4, -0.2) is 85.3 Å². The van der Waals surface area contributed by atoms with Gasteiger partial charge in [-0.1, -0.05) is 36.9 Å². The molecule has 2 saturated heterocycles. The number of ether oxygens (including phenoxy) is 1. The molecule has 10 heteroatoms. The first-order valence-electron chi connectivity index (χ1n) is 15.5. The predicted molar refractivity (Wildman–Crippen MR) is 167 cm³/mol. The number of nitrogens with zero attached hydrogens (tertiary/aromatic N) is 6. The van der Waals surface area contributed by atoms with E-state index in [4.69, 9.17) is 16.3 Å². The summed E-state index contributed by atoms with van der Waals surface area (Å²) in [5.74, 6) is -0.364. The van der Waals surface area contributed by atoms with E-state index < -0.39 is 23.9 Å². The number of benzene rings is 2. The minimum Gasteiger partial charge on any atom is -0.475 e. The van der Waals surface area contributed by atoms with E-state index in [0.29, 0.717) is 36.6 Å². The normalized spacial score (nSPS) is 25.4. The summed E-state index contributed by atoms with van der Waals surface area (Å²) in [5, 5.41) is 11.2. The Morgan fingerprint density at radius 3 is 2.80 bits per heavy atom. The number of piperazine rings is 1. The standard InChI is InChI=1S/C35H34F2N6O2/c1-20(36)35(44)43-10-9-42(18-26(43)16-39-2)33-28-8-7-21(27-6-4-5-22-11-23-12-29(23)32(22)27)13-31(28)40-34(30(33)15-38)45-19-25-14-24(37)17-41(25)3/h4-8,13,23-26,29H,1,9-12,14,16-19H2,3H3/t23?,24-,25+,26+,29?/m1/s1. The third-order valence-corrected chi connectivity index (χ3v) is 9.96. The van der Waals surface area contributed by atoms with Gasteiger partial charge in [-0.2, -0.15) is 5.26 Å². The molecule has 4 aliphatic rings. The van der Waals surface area contributed by atoms with E-state index >= 15 is 0 Å². The van der Waals surface area contributed by atoms with E-state index in [1.807, 2.05) is 29.0 Å². The lowest BCUT2D eigenvalue weighted by Gasteiger charge is -2.40. The summed E-state index contributed by atoms with van der Waals surface area (Å²) in [6.45, 7) is 11.8. The Hall–Kier alpha value is -4.54. The molecule has 2 aliphatic carbocycles. The molecule has 2 aromatic carbocycles. The van der Waals surface area contributed by atoms with Crippen LogP contribution in [0.4, 0.5) is 14.5 Å². The molecule has 0 radical (unpaired) electrons. The number of amides is 1. The van der Waals surface area contributed by atoms with Gasteiger partial charge in [0.2, 0.25) is 12.4 Å². The van der Waals surface area contributed by atoms with Gasteiger partial charge >= 0.3 is 0 Å². The third kappa shape index (κ3) is 5.17. The number of aromatic nitrogens is 1. The van der Waals surface area contributed by atoms with Gasteiger partial charge in [-0.05, 0) is 66.5 Å². The maximum Gasteiger partial charge on any atom is 0.282 e. The Morgan fingerprint density at radius 1 is 1.22 bits per heavy atom. The number of likely N-dealkylation sites (tertiary alicyclic amines) is 1. The molecule has 3 aromatic rings. The van der Waals surface area contributed by atoms with Crippen LogP contribution >= 0.6 is 0 Å². The Balaban J connectivity index is 1.31. The number of hydrogen-bond acceptors (Lipinski definition) is 6. The van der Waals surface area contributed by atoms with E-state index in [9.17, 15) is 18.8 Å². The molecule has 0 spiro atoms. The summed E-state index contributed by atoms with van der Waals surface area (Å²) >= 11 is 0. The minimum atomic E-state index is -1.06. The topological polar surface area (TPSA) is 77.1 Å². The summed E-state index contributed by atoms with van der Waals surface area (Å²) in [5.41, 5.74) is 6.58. The zero-order chi connectivity index (χ0) is 31.4. The SMILES string of the molecule is [C-]#[N+]C[C@H]1CN(c2c(C#N)c(OC[C@@H]3C[C@@H](F)CN3C)nc3cc(-c4cccc5c4C4CC4C5)ccc23)CCN1C(=O)C(=C)F. The van der Waals surface area contributed by atoms with Crippen LogP contribution in [0.25, 0.3) is 26.9 Å². The van der Waals surface area contributed by atoms with Crippen molar-refractivity contribution in [3.63, 3.8) is 0 Å². The molecule has 3 fully saturated rings. The average molecular weight is 609 g/mol. The van der Waals surface area contributed by atoms with Gasteiger partial charge in [0.25, 0.3) is 5.91 Å². The first kappa shape index (κ1) is 29.2. The molecule has 7 rings (SSSR count). The van der Waals surface area contributed by atoms with Crippen LogP contribution in [0.1, 0.15) is 35.4 Å². The minimum absolute atomic E-state index is 0.0202. The van der Waals surface area contributed by atoms with Crippen molar-refractivity contribution in [1.82, 2.24) is 14.8 Å². The zero-order valence-electron chi connectivity index (χ0n) is 25.2. The average Bonchev–Trinajstić information content (AvgIpc) is 3.58. The van der Waals surface area contributed by atoms with E-state index in [-0.39, 0.29) is 43.7 Å². The number of anilines is 1. The second-order valence-electron chi connectivity index (χ2n) is 12.8. The van der Waals surface area contributed by atoms with Crippen LogP contribution in [0, 0.1) is 23.8 Å². The quantitative estimate of drug-likeness (QED) is 0.269. The lowest BCUT2D eigenvalue weighted by molar-refractivity contribution is -0.131. The van der Waals surface area contributed by atoms with Gasteiger partial charge in [0.05, 0.1) is 11.2 Å². The first-order chi connectivity index (χ1) is 21.8. The second kappa shape index (κ2) is 11.4. The zero-order valence-corrected chi connectivity index (χ0v) is 25.2. The highest BCUT2D eigenvalue weighted by Gasteiger charge is 2.46. The van der Waals surface area contributed by atoms with Crippen molar-refractivity contribution in [2.24, 2.45) is 5.92 Å². The number of likely N-dealkylation sites (N-methyl/N-ethyl adjacent to an activating group) is 1. The lowest BCUT2D eigenvalue weighted by atomic mass is 9.93. The molecular weight excluding hydrogens is 574 g/mol. The van der Waals surface area contributed by atoms with Crippen molar-refractivity contribution in [2.75, 3.05) is 51.3 Å². The smallest absolute Gasteiger partial charge is 0.282 e. The highest BCUT2D eigenvalue weighted by atomic mass is 19.1. The summed E-state index contributed by atoms with van der Waals surface area (Å²) in [4.78, 5) is 26.2. The Kier molecular flexibility index (Phi) is 7.41. The van der Waals surface area contributed by atoms with Crippen molar-refractivity contribution >= 4 is 22.5 Å². The highest BCUT2D eigenvalue weighted by Crippen LogP contribution is 2.58. The van der Waals surface area contributed by atoms with Gasteiger partial charge in [0.15, 0.2) is 5.83 Å². The van der Waals surface area contributed by atoms with E-state index in [1.54, 1.807) is 0 Å². The van der Waals surface area contributed by atoms with Crippen LogP contribution in [0.15, 0.2) is 48.8 Å². The monoisotopic (exact) mass is 608 g/mol. The van der Waals surface area contributed by atoms with Crippen LogP contribution < -0.4 is 9.64 Å². The number of nitriles is 1. The molecule has 45 heavy (non-hydrogen) atoms. The van der Waals surface area contributed by atoms with Gasteiger partial charge in [-0.25, -0.2) is 20.3 Å². The van der Waals surface area contributed by atoms with Crippen LogP contribution in [0.3, 0.4) is 0 Å². The van der Waals surface area contributed by atoms with Crippen molar-refractivity contribution in [3.05, 3.63) is 76.9 Å². The fraction of sp³-hybridized carbons (Fsp3) is 0.429. The Morgan fingerprint density at radius 2 is 2.07 bits per heavy atom. The van der Waals surface area contributed by atoms with E-state index in [2.05, 4.69) is 41.8 Å². The third-order valence-electron chi connectivity index (χ3n) is 9.96. The first-order valence-corrected chi connectivity index (χ1v) is 15.5. The molecule has 1 saturated carbocycles. The number of alkyl halides is 1. The molecular formula is C35H34F2N6O2. The number of rotatable bonds is 7. The molecule has 2 unspecified atom stereocenters. The number of hydrogen-bond donors (Lipinski definition) is 0. The Labute approximate surface area is 261 Å². The van der Waals surface area contributed by atoms with Crippen LogP contribution in [-0.2, 0) is 11.2 Å². The van der Waals surface area contributed by atoms with Gasteiger partial charge in [0.1, 0.15) is 30.5 Å². The van der Waals surface area contributed by atoms with Gasteiger partial charge in [-0.15, -0.1) is 0 Å². The lowest BCUT2D eigenvalue weighted by Crippen LogP contribution is -2.56. The summed E-state index contributed by atoms with van der Waals surface area (Å²) in [6.07, 6.45) is 1.77. The van der Waals surface area contributed by atoms with Crippen LogP contribution in [0.2, 0.25) is 0 Å². The van der Waals surface area contributed by atoms with Gasteiger partial charge in [0, 0.05) is 37.6 Å². The maximum absolute atomic E-state index is 14.1. The Bertz CT molecular complexity index is 1800. The van der Waals surface area contributed by atoms with E-state index in [1.165, 1.54) is 28.0 Å². The van der Waals surface area contributed by atoms with Gasteiger partial charge < -0.3 is 19.4 Å². The van der Waals surface area contributed by atoms with Crippen molar-refractivity contribution in [1.29, 1.82) is 5.26 Å². The second-order valence-corrected chi connectivity index (χ2v) is 12.8. The summed E-state index contributed by atoms with van der Waals surface area (Å²) in [6, 6.07) is 14.1. The molecule has 0 bridgehead atoms. The van der Waals surface area contributed by atoms with Crippen LogP contribution in [0.5, 0.6) is 5.88 Å².